The monoisotopic (exact) mass is 319 g/mol. The first-order valence-corrected chi connectivity index (χ1v) is 7.10. The van der Waals surface area contributed by atoms with Crippen molar-refractivity contribution < 1.29 is 13.6 Å². The number of amides is 1. The minimum absolute atomic E-state index is 0.0229. The molecule has 2 aromatic rings. The van der Waals surface area contributed by atoms with Gasteiger partial charge in [-0.15, -0.1) is 0 Å². The molecule has 2 aromatic heterocycles. The molecule has 3 rings (SSSR count). The number of carbonyl (C=O) groups excluding carboxylic acids is 1. The van der Waals surface area contributed by atoms with Crippen molar-refractivity contribution in [3.8, 4) is 0 Å². The van der Waals surface area contributed by atoms with E-state index in [1.807, 2.05) is 18.0 Å². The first-order valence-electron chi connectivity index (χ1n) is 7.10. The second-order valence-electron chi connectivity index (χ2n) is 5.26. The molecule has 1 aliphatic heterocycles. The molecule has 0 radical (unpaired) electrons. The van der Waals surface area contributed by atoms with E-state index in [-0.39, 0.29) is 11.6 Å². The summed E-state index contributed by atoms with van der Waals surface area (Å²) < 4.78 is 25.5. The number of carbonyl (C=O) groups is 1. The third-order valence-corrected chi connectivity index (χ3v) is 3.71. The maximum atomic E-state index is 12.7. The van der Waals surface area contributed by atoms with E-state index in [1.165, 1.54) is 0 Å². The Kier molecular flexibility index (Phi) is 4.14. The number of alkyl halides is 2. The maximum absolute atomic E-state index is 12.7. The van der Waals surface area contributed by atoms with Crippen molar-refractivity contribution in [1.29, 1.82) is 0 Å². The van der Waals surface area contributed by atoms with Gasteiger partial charge in [-0.1, -0.05) is 6.07 Å². The van der Waals surface area contributed by atoms with Crippen LogP contribution in [-0.4, -0.2) is 45.9 Å². The Balaban J connectivity index is 1.87. The SMILES string of the molecule is CN1CCN(C(=O)c2cc(C(F)F)ncn2)Cc2cccnc21. The second-order valence-corrected chi connectivity index (χ2v) is 5.26. The molecule has 0 aromatic carbocycles. The molecule has 0 unspecified atom stereocenters. The fraction of sp³-hybridized carbons (Fsp3) is 0.333. The van der Waals surface area contributed by atoms with Crippen LogP contribution in [0.3, 0.4) is 0 Å². The van der Waals surface area contributed by atoms with Gasteiger partial charge in [0.25, 0.3) is 12.3 Å². The van der Waals surface area contributed by atoms with Crippen molar-refractivity contribution in [2.45, 2.75) is 13.0 Å². The van der Waals surface area contributed by atoms with Crippen molar-refractivity contribution in [3.63, 3.8) is 0 Å². The molecule has 0 fully saturated rings. The van der Waals surface area contributed by atoms with Crippen LogP contribution in [0.4, 0.5) is 14.6 Å². The number of anilines is 1. The maximum Gasteiger partial charge on any atom is 0.280 e. The number of halogens is 2. The van der Waals surface area contributed by atoms with Gasteiger partial charge in [0, 0.05) is 38.4 Å². The van der Waals surface area contributed by atoms with E-state index in [9.17, 15) is 13.6 Å². The Bertz CT molecular complexity index is 725. The summed E-state index contributed by atoms with van der Waals surface area (Å²) in [7, 11) is 1.90. The molecular formula is C15H15F2N5O. The number of aromatic nitrogens is 3. The van der Waals surface area contributed by atoms with Crippen LogP contribution < -0.4 is 4.90 Å². The highest BCUT2D eigenvalue weighted by atomic mass is 19.3. The number of rotatable bonds is 2. The van der Waals surface area contributed by atoms with E-state index >= 15 is 0 Å². The zero-order valence-corrected chi connectivity index (χ0v) is 12.5. The molecule has 3 heterocycles. The van der Waals surface area contributed by atoms with Crippen LogP contribution in [0.25, 0.3) is 0 Å². The minimum Gasteiger partial charge on any atom is -0.358 e. The van der Waals surface area contributed by atoms with Crippen LogP contribution in [0.1, 0.15) is 28.2 Å². The lowest BCUT2D eigenvalue weighted by Crippen LogP contribution is -2.34. The molecule has 0 atom stereocenters. The average molecular weight is 319 g/mol. The zero-order chi connectivity index (χ0) is 16.4. The van der Waals surface area contributed by atoms with Crippen molar-refractivity contribution in [3.05, 3.63) is 47.7 Å². The predicted octanol–water partition coefficient (Wildman–Crippen LogP) is 1.90. The number of hydrogen-bond donors (Lipinski definition) is 0. The molecule has 0 aliphatic carbocycles. The zero-order valence-electron chi connectivity index (χ0n) is 12.5. The largest absolute Gasteiger partial charge is 0.358 e. The molecular weight excluding hydrogens is 304 g/mol. The normalized spacial score (nSPS) is 14.6. The van der Waals surface area contributed by atoms with Gasteiger partial charge in [-0.2, -0.15) is 0 Å². The molecule has 0 saturated heterocycles. The fourth-order valence-corrected chi connectivity index (χ4v) is 2.50. The Morgan fingerprint density at radius 1 is 1.26 bits per heavy atom. The standard InChI is InChI=1S/C15H15F2N5O/c1-21-5-6-22(8-10-3-2-4-18-14(10)21)15(23)12-7-11(13(16)17)19-9-20-12/h2-4,7,9,13H,5-6,8H2,1H3. The molecule has 0 N–H and O–H groups in total. The summed E-state index contributed by atoms with van der Waals surface area (Å²) in [5, 5.41) is 0. The number of hydrogen-bond acceptors (Lipinski definition) is 5. The van der Waals surface area contributed by atoms with Gasteiger partial charge in [0.05, 0.1) is 0 Å². The summed E-state index contributed by atoms with van der Waals surface area (Å²) in [5.74, 6) is 0.429. The Labute approximate surface area is 131 Å². The molecule has 0 saturated carbocycles. The first kappa shape index (κ1) is 15.3. The van der Waals surface area contributed by atoms with Gasteiger partial charge in [0.15, 0.2) is 0 Å². The van der Waals surface area contributed by atoms with E-state index in [4.69, 9.17) is 0 Å². The molecule has 1 aliphatic rings. The summed E-state index contributed by atoms with van der Waals surface area (Å²) in [5.41, 5.74) is 0.437. The second kappa shape index (κ2) is 6.23. The Morgan fingerprint density at radius 2 is 2.09 bits per heavy atom. The lowest BCUT2D eigenvalue weighted by atomic mass is 10.2. The van der Waals surface area contributed by atoms with Crippen LogP contribution >= 0.6 is 0 Å². The fourth-order valence-electron chi connectivity index (χ4n) is 2.50. The molecule has 23 heavy (non-hydrogen) atoms. The summed E-state index contributed by atoms with van der Waals surface area (Å²) in [6, 6.07) is 4.75. The predicted molar refractivity (Wildman–Crippen MR) is 79.2 cm³/mol. The lowest BCUT2D eigenvalue weighted by Gasteiger charge is -2.20. The van der Waals surface area contributed by atoms with E-state index in [1.54, 1.807) is 17.2 Å². The third kappa shape index (κ3) is 3.10. The highest BCUT2D eigenvalue weighted by molar-refractivity contribution is 5.92. The van der Waals surface area contributed by atoms with Crippen molar-refractivity contribution in [2.75, 3.05) is 25.0 Å². The Morgan fingerprint density at radius 3 is 2.87 bits per heavy atom. The van der Waals surface area contributed by atoms with Crippen LogP contribution in [0.15, 0.2) is 30.7 Å². The summed E-state index contributed by atoms with van der Waals surface area (Å²) >= 11 is 0. The molecule has 0 bridgehead atoms. The molecule has 120 valence electrons. The van der Waals surface area contributed by atoms with E-state index in [0.29, 0.717) is 19.6 Å². The van der Waals surface area contributed by atoms with Gasteiger partial charge < -0.3 is 9.80 Å². The lowest BCUT2D eigenvalue weighted by molar-refractivity contribution is 0.0744. The molecule has 6 nitrogen and oxygen atoms in total. The van der Waals surface area contributed by atoms with E-state index in [2.05, 4.69) is 15.0 Å². The minimum atomic E-state index is -2.73. The molecule has 0 spiro atoms. The average Bonchev–Trinajstić information content (AvgIpc) is 2.74. The van der Waals surface area contributed by atoms with Crippen molar-refractivity contribution in [2.24, 2.45) is 0 Å². The van der Waals surface area contributed by atoms with Gasteiger partial charge in [-0.25, -0.2) is 23.7 Å². The molecule has 8 heteroatoms. The summed E-state index contributed by atoms with van der Waals surface area (Å²) in [6.07, 6.45) is -0.0370. The first-order chi connectivity index (χ1) is 11.1. The number of pyridine rings is 1. The topological polar surface area (TPSA) is 62.2 Å². The van der Waals surface area contributed by atoms with Crippen molar-refractivity contribution >= 4 is 11.7 Å². The molecule has 1 amide bonds. The quantitative estimate of drug-likeness (QED) is 0.846. The van der Waals surface area contributed by atoms with Gasteiger partial charge in [-0.3, -0.25) is 4.79 Å². The Hall–Kier alpha value is -2.64. The van der Waals surface area contributed by atoms with Crippen LogP contribution in [0.2, 0.25) is 0 Å². The van der Waals surface area contributed by atoms with Gasteiger partial charge in [-0.05, 0) is 12.1 Å². The third-order valence-electron chi connectivity index (χ3n) is 3.71. The van der Waals surface area contributed by atoms with Gasteiger partial charge >= 0.3 is 0 Å². The van der Waals surface area contributed by atoms with E-state index in [0.717, 1.165) is 23.8 Å². The van der Waals surface area contributed by atoms with Gasteiger partial charge in [0.2, 0.25) is 0 Å². The van der Waals surface area contributed by atoms with Gasteiger partial charge in [0.1, 0.15) is 23.5 Å². The smallest absolute Gasteiger partial charge is 0.280 e. The van der Waals surface area contributed by atoms with Crippen LogP contribution in [0.5, 0.6) is 0 Å². The van der Waals surface area contributed by atoms with Crippen LogP contribution in [0, 0.1) is 0 Å². The highest BCUT2D eigenvalue weighted by Crippen LogP contribution is 2.22. The number of fused-ring (bicyclic) bond motifs is 1. The van der Waals surface area contributed by atoms with Crippen molar-refractivity contribution in [1.82, 2.24) is 19.9 Å². The van der Waals surface area contributed by atoms with E-state index < -0.39 is 12.1 Å². The highest BCUT2D eigenvalue weighted by Gasteiger charge is 2.24. The number of nitrogens with zero attached hydrogens (tertiary/aromatic N) is 5. The van der Waals surface area contributed by atoms with Crippen LogP contribution in [-0.2, 0) is 6.54 Å². The number of likely N-dealkylation sites (N-methyl/N-ethyl adjacent to an activating group) is 1. The summed E-state index contributed by atoms with van der Waals surface area (Å²) in [4.78, 5) is 27.8. The summed E-state index contributed by atoms with van der Waals surface area (Å²) in [6.45, 7) is 1.42.